The number of anilines is 1. The molecular weight excluding hydrogens is 414 g/mol. The molecule has 0 aliphatic rings. The summed E-state index contributed by atoms with van der Waals surface area (Å²) in [7, 11) is 1.93. The van der Waals surface area contributed by atoms with Gasteiger partial charge in [0, 0.05) is 24.8 Å². The molecule has 33 heavy (non-hydrogen) atoms. The zero-order chi connectivity index (χ0) is 23.5. The van der Waals surface area contributed by atoms with E-state index in [4.69, 9.17) is 5.26 Å². The molecule has 1 N–H and O–H groups in total. The van der Waals surface area contributed by atoms with E-state index in [1.165, 1.54) is 11.7 Å². The number of aryl methyl sites for hydroxylation is 1. The van der Waals surface area contributed by atoms with Crippen LogP contribution >= 0.6 is 0 Å². The number of benzene rings is 3. The van der Waals surface area contributed by atoms with Crippen molar-refractivity contribution in [2.75, 3.05) is 11.9 Å². The molecule has 7 heteroatoms. The molecule has 0 saturated carbocycles. The van der Waals surface area contributed by atoms with Gasteiger partial charge in [-0.05, 0) is 61.4 Å². The first kappa shape index (κ1) is 21.8. The molecule has 4 rings (SSSR count). The van der Waals surface area contributed by atoms with Crippen molar-refractivity contribution in [1.29, 1.82) is 5.26 Å². The fourth-order valence-corrected chi connectivity index (χ4v) is 3.62. The van der Waals surface area contributed by atoms with Gasteiger partial charge in [0.15, 0.2) is 5.78 Å². The minimum absolute atomic E-state index is 0.119. The van der Waals surface area contributed by atoms with E-state index in [9.17, 15) is 9.90 Å². The summed E-state index contributed by atoms with van der Waals surface area (Å²) in [5, 5.41) is 29.1. The van der Waals surface area contributed by atoms with Gasteiger partial charge in [-0.15, -0.1) is 15.0 Å². The van der Waals surface area contributed by atoms with Crippen LogP contribution in [0.25, 0.3) is 22.8 Å². The topological polar surface area (TPSA) is 95.0 Å². The van der Waals surface area contributed by atoms with Gasteiger partial charge in [-0.3, -0.25) is 4.79 Å². The molecule has 1 heterocycles. The zero-order valence-electron chi connectivity index (χ0n) is 18.6. The highest BCUT2D eigenvalue weighted by Crippen LogP contribution is 2.30. The number of fused-ring (bicyclic) bond motifs is 1. The summed E-state index contributed by atoms with van der Waals surface area (Å²) < 4.78 is 0. The Labute approximate surface area is 191 Å². The number of Topliss-reactive ketones (excluding diaryl/α,β-unsaturated/α-hetero) is 1. The highest BCUT2D eigenvalue weighted by Gasteiger charge is 2.15. The Balaban J connectivity index is 1.60. The van der Waals surface area contributed by atoms with E-state index in [1.807, 2.05) is 85.6 Å². The van der Waals surface area contributed by atoms with Crippen LogP contribution in [0.2, 0.25) is 0 Å². The quantitative estimate of drug-likeness (QED) is 0.351. The summed E-state index contributed by atoms with van der Waals surface area (Å²) in [6, 6.07) is 20.8. The maximum atomic E-state index is 11.5. The highest BCUT2D eigenvalue weighted by molar-refractivity contribution is 6.01. The summed E-state index contributed by atoms with van der Waals surface area (Å²) >= 11 is 0. The number of nitriles is 1. The van der Waals surface area contributed by atoms with Crippen molar-refractivity contribution in [2.24, 2.45) is 0 Å². The molecule has 0 unspecified atom stereocenters. The van der Waals surface area contributed by atoms with E-state index in [0.717, 1.165) is 33.4 Å². The number of hydrogen-bond acceptors (Lipinski definition) is 6. The lowest BCUT2D eigenvalue weighted by Crippen LogP contribution is -2.17. The van der Waals surface area contributed by atoms with Crippen LogP contribution in [0.15, 0.2) is 66.2 Å². The van der Waals surface area contributed by atoms with Crippen molar-refractivity contribution in [1.82, 2.24) is 15.0 Å². The number of ketones is 1. The standard InChI is InChI=1S/C26H23N5O2/c1-17-12-21(26(33)25(13-17)31-28-23-6-4-5-7-24(23)29-31)16-30(3)22-10-8-19(9-11-22)14-20(15-27)18(2)32/h4-14,33H,16H2,1-3H3/b20-14+. The third kappa shape index (κ3) is 4.60. The lowest BCUT2D eigenvalue weighted by Gasteiger charge is -2.21. The maximum absolute atomic E-state index is 11.5. The summed E-state index contributed by atoms with van der Waals surface area (Å²) in [4.78, 5) is 14.9. The maximum Gasteiger partial charge on any atom is 0.170 e. The molecule has 0 aliphatic heterocycles. The van der Waals surface area contributed by atoms with Crippen molar-refractivity contribution < 1.29 is 9.90 Å². The average molecular weight is 438 g/mol. The van der Waals surface area contributed by atoms with Gasteiger partial charge in [0.05, 0.1) is 5.57 Å². The number of nitrogens with zero attached hydrogens (tertiary/aromatic N) is 5. The van der Waals surface area contributed by atoms with Gasteiger partial charge in [0.25, 0.3) is 0 Å². The molecular formula is C26H23N5O2. The Morgan fingerprint density at radius 1 is 1.12 bits per heavy atom. The second kappa shape index (κ2) is 8.97. The van der Waals surface area contributed by atoms with Gasteiger partial charge in [-0.1, -0.05) is 30.3 Å². The second-order valence-corrected chi connectivity index (χ2v) is 7.94. The molecule has 0 fully saturated rings. The fourth-order valence-electron chi connectivity index (χ4n) is 3.62. The number of allylic oxidation sites excluding steroid dienone is 1. The van der Waals surface area contributed by atoms with E-state index >= 15 is 0 Å². The number of rotatable bonds is 6. The highest BCUT2D eigenvalue weighted by atomic mass is 16.3. The van der Waals surface area contributed by atoms with Crippen LogP contribution in [-0.2, 0) is 11.3 Å². The molecule has 0 bridgehead atoms. The summed E-state index contributed by atoms with van der Waals surface area (Å²) in [5.41, 5.74) is 5.61. The van der Waals surface area contributed by atoms with Gasteiger partial charge in [0.1, 0.15) is 28.5 Å². The predicted molar refractivity (Wildman–Crippen MR) is 128 cm³/mol. The Morgan fingerprint density at radius 2 is 1.76 bits per heavy atom. The van der Waals surface area contributed by atoms with Crippen LogP contribution in [-0.4, -0.2) is 32.9 Å². The van der Waals surface area contributed by atoms with E-state index in [2.05, 4.69) is 10.2 Å². The number of phenolic OH excluding ortho intramolecular Hbond substituents is 1. The molecule has 0 radical (unpaired) electrons. The molecule has 4 aromatic rings. The van der Waals surface area contributed by atoms with Crippen molar-refractivity contribution in [3.8, 4) is 17.5 Å². The van der Waals surface area contributed by atoms with E-state index < -0.39 is 0 Å². The SMILES string of the molecule is CC(=O)/C(C#N)=C/c1ccc(N(C)Cc2cc(C)cc(-n3nc4ccccc4n3)c2O)cc1. The van der Waals surface area contributed by atoms with Gasteiger partial charge < -0.3 is 10.0 Å². The van der Waals surface area contributed by atoms with Crippen LogP contribution in [0.3, 0.4) is 0 Å². The van der Waals surface area contributed by atoms with Gasteiger partial charge in [-0.25, -0.2) is 0 Å². The van der Waals surface area contributed by atoms with Crippen LogP contribution in [0.1, 0.15) is 23.6 Å². The summed E-state index contributed by atoms with van der Waals surface area (Å²) in [6.07, 6.45) is 1.58. The van der Waals surface area contributed by atoms with Crippen molar-refractivity contribution >= 4 is 28.6 Å². The van der Waals surface area contributed by atoms with Crippen LogP contribution in [0.5, 0.6) is 5.75 Å². The third-order valence-corrected chi connectivity index (χ3v) is 5.37. The number of carbonyl (C=O) groups is 1. The van der Waals surface area contributed by atoms with E-state index in [0.29, 0.717) is 12.2 Å². The number of hydrogen-bond donors (Lipinski definition) is 1. The minimum atomic E-state index is -0.260. The number of carbonyl (C=O) groups excluding carboxylic acids is 1. The lowest BCUT2D eigenvalue weighted by atomic mass is 10.1. The molecule has 0 spiro atoms. The Hall–Kier alpha value is -4.44. The number of phenols is 1. The monoisotopic (exact) mass is 437 g/mol. The normalized spacial score (nSPS) is 11.4. The Bertz CT molecular complexity index is 1380. The van der Waals surface area contributed by atoms with Crippen LogP contribution in [0.4, 0.5) is 5.69 Å². The number of aromatic nitrogens is 3. The van der Waals surface area contributed by atoms with Crippen LogP contribution in [0, 0.1) is 18.3 Å². The van der Waals surface area contributed by atoms with Crippen LogP contribution < -0.4 is 4.90 Å². The molecule has 0 aliphatic carbocycles. The number of aromatic hydroxyl groups is 1. The summed E-state index contributed by atoms with van der Waals surface area (Å²) in [5.74, 6) is -0.128. The fraction of sp³-hybridized carbons (Fsp3) is 0.154. The van der Waals surface area contributed by atoms with E-state index in [-0.39, 0.29) is 17.1 Å². The Morgan fingerprint density at radius 3 is 2.33 bits per heavy atom. The third-order valence-electron chi connectivity index (χ3n) is 5.37. The first-order valence-corrected chi connectivity index (χ1v) is 10.4. The zero-order valence-corrected chi connectivity index (χ0v) is 18.6. The van der Waals surface area contributed by atoms with Gasteiger partial charge in [0.2, 0.25) is 0 Å². The first-order valence-electron chi connectivity index (χ1n) is 10.4. The van der Waals surface area contributed by atoms with Gasteiger partial charge in [-0.2, -0.15) is 5.26 Å². The molecule has 164 valence electrons. The molecule has 0 atom stereocenters. The van der Waals surface area contributed by atoms with E-state index in [1.54, 1.807) is 6.08 Å². The predicted octanol–water partition coefficient (Wildman–Crippen LogP) is 4.57. The molecule has 1 aromatic heterocycles. The first-order chi connectivity index (χ1) is 15.9. The van der Waals surface area contributed by atoms with Crippen molar-refractivity contribution in [2.45, 2.75) is 20.4 Å². The molecule has 0 saturated heterocycles. The lowest BCUT2D eigenvalue weighted by molar-refractivity contribution is -0.113. The van der Waals surface area contributed by atoms with Crippen molar-refractivity contribution in [3.05, 3.63) is 82.9 Å². The molecule has 3 aromatic carbocycles. The Kier molecular flexibility index (Phi) is 5.92. The molecule has 7 nitrogen and oxygen atoms in total. The average Bonchev–Trinajstić information content (AvgIpc) is 3.23. The smallest absolute Gasteiger partial charge is 0.170 e. The minimum Gasteiger partial charge on any atom is -0.505 e. The second-order valence-electron chi connectivity index (χ2n) is 7.94. The largest absolute Gasteiger partial charge is 0.505 e. The summed E-state index contributed by atoms with van der Waals surface area (Å²) in [6.45, 7) is 3.81. The van der Waals surface area contributed by atoms with Crippen molar-refractivity contribution in [3.63, 3.8) is 0 Å². The van der Waals surface area contributed by atoms with Gasteiger partial charge >= 0.3 is 0 Å². The molecule has 0 amide bonds.